The predicted molar refractivity (Wildman–Crippen MR) is 54.8 cm³/mol. The van der Waals surface area contributed by atoms with E-state index in [2.05, 4.69) is 15.1 Å². The van der Waals surface area contributed by atoms with Crippen LogP contribution in [0.25, 0.3) is 5.65 Å². The van der Waals surface area contributed by atoms with Crippen LogP contribution in [0.5, 0.6) is 0 Å². The van der Waals surface area contributed by atoms with Crippen LogP contribution >= 0.6 is 23.2 Å². The van der Waals surface area contributed by atoms with E-state index in [0.717, 1.165) is 11.2 Å². The van der Waals surface area contributed by atoms with E-state index in [9.17, 15) is 0 Å². The molecular formula is C8H8Cl2N4. The quantitative estimate of drug-likeness (QED) is 0.557. The Kier molecular flexibility index (Phi) is 2.33. The molecule has 0 aliphatic heterocycles. The molecule has 6 heteroatoms. The first-order chi connectivity index (χ1) is 6.63. The van der Waals surface area contributed by atoms with Gasteiger partial charge in [-0.05, 0) is 13.8 Å². The fourth-order valence-electron chi connectivity index (χ4n) is 1.25. The average Bonchev–Trinajstić information content (AvgIpc) is 2.58. The number of alkyl halides is 1. The van der Waals surface area contributed by atoms with E-state index in [1.807, 2.05) is 13.8 Å². The second kappa shape index (κ2) is 3.37. The molecule has 0 fully saturated rings. The largest absolute Gasteiger partial charge is 0.221 e. The van der Waals surface area contributed by atoms with Crippen molar-refractivity contribution in [2.24, 2.45) is 0 Å². The van der Waals surface area contributed by atoms with Gasteiger partial charge in [-0.3, -0.25) is 0 Å². The lowest BCUT2D eigenvalue weighted by atomic mass is 10.3. The van der Waals surface area contributed by atoms with Gasteiger partial charge in [-0.2, -0.15) is 4.52 Å². The molecule has 74 valence electrons. The van der Waals surface area contributed by atoms with Crippen LogP contribution in [0.2, 0.25) is 5.15 Å². The van der Waals surface area contributed by atoms with Crippen LogP contribution in [0.3, 0.4) is 0 Å². The molecule has 2 rings (SSSR count). The van der Waals surface area contributed by atoms with Gasteiger partial charge < -0.3 is 0 Å². The number of hydrogen-bond acceptors (Lipinski definition) is 3. The number of nitrogens with zero attached hydrogens (tertiary/aromatic N) is 4. The Balaban J connectivity index is 2.84. The van der Waals surface area contributed by atoms with Gasteiger partial charge in [-0.1, -0.05) is 11.6 Å². The summed E-state index contributed by atoms with van der Waals surface area (Å²) < 4.78 is 1.65. The first-order valence-corrected chi connectivity index (χ1v) is 4.99. The molecule has 0 saturated heterocycles. The molecule has 0 spiro atoms. The van der Waals surface area contributed by atoms with Gasteiger partial charge in [0.25, 0.3) is 0 Å². The second-order valence-electron chi connectivity index (χ2n) is 2.97. The minimum atomic E-state index is 0.290. The number of fused-ring (bicyclic) bond motifs is 1. The molecule has 0 aliphatic rings. The van der Waals surface area contributed by atoms with Crippen LogP contribution < -0.4 is 0 Å². The average molecular weight is 231 g/mol. The molecule has 14 heavy (non-hydrogen) atoms. The zero-order chi connectivity index (χ0) is 10.3. The van der Waals surface area contributed by atoms with Crippen molar-refractivity contribution in [1.82, 2.24) is 19.6 Å². The lowest BCUT2D eigenvalue weighted by Gasteiger charge is -2.01. The highest BCUT2D eigenvalue weighted by Gasteiger charge is 2.11. The predicted octanol–water partition coefficient (Wildman–Crippen LogP) is 2.13. The van der Waals surface area contributed by atoms with Crippen molar-refractivity contribution in [3.63, 3.8) is 0 Å². The maximum atomic E-state index is 5.92. The Labute approximate surface area is 90.9 Å². The summed E-state index contributed by atoms with van der Waals surface area (Å²) in [7, 11) is 0. The molecule has 2 heterocycles. The number of aromatic nitrogens is 4. The summed E-state index contributed by atoms with van der Waals surface area (Å²) in [5, 5.41) is 4.65. The van der Waals surface area contributed by atoms with E-state index in [1.54, 1.807) is 4.52 Å². The third kappa shape index (κ3) is 1.35. The Morgan fingerprint density at radius 3 is 2.64 bits per heavy atom. The van der Waals surface area contributed by atoms with E-state index < -0.39 is 0 Å². The number of aryl methyl sites for hydroxylation is 2. The number of rotatable bonds is 1. The second-order valence-corrected chi connectivity index (χ2v) is 3.60. The maximum Gasteiger partial charge on any atom is 0.166 e. The summed E-state index contributed by atoms with van der Waals surface area (Å²) in [5.74, 6) is 1.58. The van der Waals surface area contributed by atoms with Gasteiger partial charge in [-0.15, -0.1) is 16.7 Å². The van der Waals surface area contributed by atoms with Crippen molar-refractivity contribution < 1.29 is 0 Å². The molecule has 0 N–H and O–H groups in total. The first kappa shape index (κ1) is 9.68. The molecule has 0 aliphatic carbocycles. The van der Waals surface area contributed by atoms with E-state index in [-0.39, 0.29) is 5.88 Å². The summed E-state index contributed by atoms with van der Waals surface area (Å²) in [6.07, 6.45) is 0. The summed E-state index contributed by atoms with van der Waals surface area (Å²) in [6.45, 7) is 3.68. The van der Waals surface area contributed by atoms with Gasteiger partial charge in [0.05, 0.1) is 5.88 Å². The SMILES string of the molecule is Cc1c(Cl)nc(C)n2nc(CCl)nc12. The molecule has 0 atom stereocenters. The third-order valence-electron chi connectivity index (χ3n) is 1.98. The van der Waals surface area contributed by atoms with Crippen molar-refractivity contribution in [2.75, 3.05) is 0 Å². The van der Waals surface area contributed by atoms with E-state index in [0.29, 0.717) is 16.8 Å². The highest BCUT2D eigenvalue weighted by atomic mass is 35.5. The lowest BCUT2D eigenvalue weighted by molar-refractivity contribution is 0.840. The molecule has 0 bridgehead atoms. The van der Waals surface area contributed by atoms with Crippen molar-refractivity contribution in [3.8, 4) is 0 Å². The first-order valence-electron chi connectivity index (χ1n) is 4.08. The minimum Gasteiger partial charge on any atom is -0.221 e. The Bertz CT molecular complexity index is 492. The maximum absolute atomic E-state index is 5.92. The van der Waals surface area contributed by atoms with Crippen LogP contribution in [0.4, 0.5) is 0 Å². The highest BCUT2D eigenvalue weighted by molar-refractivity contribution is 6.30. The van der Waals surface area contributed by atoms with Gasteiger partial charge in [0.15, 0.2) is 11.5 Å². The highest BCUT2D eigenvalue weighted by Crippen LogP contribution is 2.17. The minimum absolute atomic E-state index is 0.290. The van der Waals surface area contributed by atoms with Crippen LogP contribution in [0.15, 0.2) is 0 Å². The van der Waals surface area contributed by atoms with Crippen LogP contribution in [0, 0.1) is 13.8 Å². The van der Waals surface area contributed by atoms with Gasteiger partial charge in [0.2, 0.25) is 0 Å². The molecular weight excluding hydrogens is 223 g/mol. The summed E-state index contributed by atoms with van der Waals surface area (Å²) in [5.41, 5.74) is 1.54. The topological polar surface area (TPSA) is 43.1 Å². The van der Waals surface area contributed by atoms with E-state index in [1.165, 1.54) is 0 Å². The number of halogens is 2. The third-order valence-corrected chi connectivity index (χ3v) is 2.59. The Morgan fingerprint density at radius 2 is 2.00 bits per heavy atom. The Hall–Kier alpha value is -0.870. The molecule has 0 unspecified atom stereocenters. The summed E-state index contributed by atoms with van der Waals surface area (Å²) in [6, 6.07) is 0. The van der Waals surface area contributed by atoms with Gasteiger partial charge in [0, 0.05) is 5.56 Å². The van der Waals surface area contributed by atoms with Crippen LogP contribution in [-0.4, -0.2) is 19.6 Å². The molecule has 0 saturated carbocycles. The van der Waals surface area contributed by atoms with Gasteiger partial charge in [-0.25, -0.2) is 9.97 Å². The van der Waals surface area contributed by atoms with Crippen molar-refractivity contribution in [2.45, 2.75) is 19.7 Å². The van der Waals surface area contributed by atoms with Crippen LogP contribution in [-0.2, 0) is 5.88 Å². The van der Waals surface area contributed by atoms with E-state index >= 15 is 0 Å². The molecule has 2 aromatic heterocycles. The van der Waals surface area contributed by atoms with Crippen LogP contribution in [0.1, 0.15) is 17.2 Å². The number of hydrogen-bond donors (Lipinski definition) is 0. The van der Waals surface area contributed by atoms with Gasteiger partial charge in [0.1, 0.15) is 11.0 Å². The molecule has 0 aromatic carbocycles. The smallest absolute Gasteiger partial charge is 0.166 e. The fourth-order valence-corrected chi connectivity index (χ4v) is 1.57. The standard InChI is InChI=1S/C8H8Cl2N4/c1-4-7(10)11-5(2)14-8(4)12-6(3-9)13-14/h3H2,1-2H3. The zero-order valence-corrected chi connectivity index (χ0v) is 9.26. The van der Waals surface area contributed by atoms with E-state index in [4.69, 9.17) is 23.2 Å². The fraction of sp³-hybridized carbons (Fsp3) is 0.375. The zero-order valence-electron chi connectivity index (χ0n) is 7.75. The van der Waals surface area contributed by atoms with Crippen molar-refractivity contribution in [1.29, 1.82) is 0 Å². The Morgan fingerprint density at radius 1 is 1.29 bits per heavy atom. The molecule has 2 aromatic rings. The van der Waals surface area contributed by atoms with Crippen molar-refractivity contribution in [3.05, 3.63) is 22.4 Å². The molecule has 0 amide bonds. The lowest BCUT2D eigenvalue weighted by Crippen LogP contribution is -2.00. The summed E-state index contributed by atoms with van der Waals surface area (Å²) >= 11 is 11.6. The summed E-state index contributed by atoms with van der Waals surface area (Å²) in [4.78, 5) is 8.38. The molecule has 0 radical (unpaired) electrons. The monoisotopic (exact) mass is 230 g/mol. The van der Waals surface area contributed by atoms with Crippen molar-refractivity contribution >= 4 is 28.8 Å². The molecule has 4 nitrogen and oxygen atoms in total. The van der Waals surface area contributed by atoms with Gasteiger partial charge >= 0.3 is 0 Å². The normalized spacial score (nSPS) is 11.1.